The molecule has 0 aromatic heterocycles. The van der Waals surface area contributed by atoms with E-state index >= 15 is 0 Å². The molecule has 0 unspecified atom stereocenters. The maximum Gasteiger partial charge on any atom is 0.174 e. The molecule has 3 aromatic rings. The van der Waals surface area contributed by atoms with Crippen molar-refractivity contribution in [3.63, 3.8) is 0 Å². The molecule has 3 nitrogen and oxygen atoms in total. The van der Waals surface area contributed by atoms with Gasteiger partial charge in [-0.3, -0.25) is 0 Å². The summed E-state index contributed by atoms with van der Waals surface area (Å²) in [6.45, 7) is 0. The molecule has 0 amide bonds. The molecule has 0 fully saturated rings. The van der Waals surface area contributed by atoms with Crippen LogP contribution in [0.15, 0.2) is 94.8 Å². The third-order valence-corrected chi connectivity index (χ3v) is 7.12. The summed E-state index contributed by atoms with van der Waals surface area (Å²) in [7, 11) is 1.71. The Hall–Kier alpha value is -3.24. The summed E-state index contributed by atoms with van der Waals surface area (Å²) >= 11 is 1.72. The highest BCUT2D eigenvalue weighted by Gasteiger charge is 2.40. The molecule has 3 aliphatic rings. The summed E-state index contributed by atoms with van der Waals surface area (Å²) in [5, 5.41) is 3.30. The summed E-state index contributed by atoms with van der Waals surface area (Å²) in [4.78, 5) is 7.63. The van der Waals surface area contributed by atoms with Crippen LogP contribution < -0.4 is 4.74 Å². The summed E-state index contributed by atoms with van der Waals surface area (Å²) in [5.41, 5.74) is 8.94. The van der Waals surface area contributed by atoms with Crippen molar-refractivity contribution in [1.82, 2.24) is 4.90 Å². The number of fused-ring (bicyclic) bond motifs is 3. The Labute approximate surface area is 186 Å². The first-order chi connectivity index (χ1) is 15.3. The van der Waals surface area contributed by atoms with E-state index in [2.05, 4.69) is 89.2 Å². The minimum Gasteiger partial charge on any atom is -0.497 e. The van der Waals surface area contributed by atoms with Gasteiger partial charge in [0.15, 0.2) is 5.17 Å². The topological polar surface area (TPSA) is 24.8 Å². The van der Waals surface area contributed by atoms with Gasteiger partial charge in [-0.15, -0.1) is 0 Å². The molecular weight excluding hydrogens is 400 g/mol. The molecule has 1 atom stereocenters. The second kappa shape index (κ2) is 7.47. The highest BCUT2D eigenvalue weighted by Crippen LogP contribution is 2.51. The van der Waals surface area contributed by atoms with Crippen molar-refractivity contribution in [3.8, 4) is 5.75 Å². The number of hydrogen-bond donors (Lipinski definition) is 0. The third kappa shape index (κ3) is 3.02. The van der Waals surface area contributed by atoms with Crippen LogP contribution in [0.25, 0.3) is 11.4 Å². The van der Waals surface area contributed by atoms with Gasteiger partial charge in [0.1, 0.15) is 5.75 Å². The Balaban J connectivity index is 1.53. The van der Waals surface area contributed by atoms with E-state index in [1.807, 2.05) is 0 Å². The number of hydrogen-bond acceptors (Lipinski definition) is 4. The highest BCUT2D eigenvalue weighted by molar-refractivity contribution is 8.16. The molecule has 1 aliphatic carbocycles. The Bertz CT molecular complexity index is 1240. The van der Waals surface area contributed by atoms with Crippen molar-refractivity contribution >= 4 is 28.3 Å². The number of rotatable bonds is 3. The summed E-state index contributed by atoms with van der Waals surface area (Å²) in [6.07, 6.45) is 2.07. The fourth-order valence-corrected chi connectivity index (χ4v) is 5.72. The standard InChI is InChI=1S/C27H22N2OS/c1-30-21-14-11-20(12-15-21)26-23-16-13-18-7-5-6-10-22(18)25(23)28-27-29(26)24(17-31-27)19-8-3-2-4-9-19/h2-12,14-15,17,26H,13,16H2,1H3/t26-/m1/s1. The van der Waals surface area contributed by atoms with Gasteiger partial charge in [0.25, 0.3) is 0 Å². The molecule has 4 heteroatoms. The lowest BCUT2D eigenvalue weighted by atomic mass is 9.82. The van der Waals surface area contributed by atoms with E-state index in [4.69, 9.17) is 9.73 Å². The van der Waals surface area contributed by atoms with E-state index in [0.29, 0.717) is 0 Å². The average Bonchev–Trinajstić information content (AvgIpc) is 3.27. The van der Waals surface area contributed by atoms with Crippen molar-refractivity contribution in [3.05, 3.63) is 112 Å². The lowest BCUT2D eigenvalue weighted by Gasteiger charge is -2.39. The van der Waals surface area contributed by atoms with Gasteiger partial charge in [0.05, 0.1) is 24.5 Å². The fraction of sp³-hybridized carbons (Fsp3) is 0.148. The number of methoxy groups -OCH3 is 1. The van der Waals surface area contributed by atoms with Gasteiger partial charge in [-0.1, -0.05) is 78.5 Å². The van der Waals surface area contributed by atoms with Crippen LogP contribution in [0, 0.1) is 0 Å². The predicted molar refractivity (Wildman–Crippen MR) is 129 cm³/mol. The number of amidine groups is 1. The van der Waals surface area contributed by atoms with Gasteiger partial charge in [0.2, 0.25) is 0 Å². The van der Waals surface area contributed by atoms with E-state index in [0.717, 1.165) is 29.5 Å². The van der Waals surface area contributed by atoms with Gasteiger partial charge in [0, 0.05) is 11.0 Å². The lowest BCUT2D eigenvalue weighted by Crippen LogP contribution is -2.34. The van der Waals surface area contributed by atoms with E-state index in [9.17, 15) is 0 Å². The van der Waals surface area contributed by atoms with Gasteiger partial charge in [-0.05, 0) is 47.2 Å². The summed E-state index contributed by atoms with van der Waals surface area (Å²) < 4.78 is 5.42. The minimum absolute atomic E-state index is 0.128. The fourth-order valence-electron chi connectivity index (χ4n) is 4.79. The van der Waals surface area contributed by atoms with Crippen LogP contribution in [-0.2, 0) is 6.42 Å². The van der Waals surface area contributed by atoms with E-state index in [1.54, 1.807) is 18.9 Å². The molecular formula is C27H22N2OS. The van der Waals surface area contributed by atoms with Crippen LogP contribution in [0.1, 0.15) is 34.7 Å². The van der Waals surface area contributed by atoms with Gasteiger partial charge < -0.3 is 9.64 Å². The van der Waals surface area contributed by atoms with Crippen molar-refractivity contribution in [2.75, 3.05) is 7.11 Å². The zero-order valence-corrected chi connectivity index (χ0v) is 18.1. The summed E-state index contributed by atoms with van der Waals surface area (Å²) in [6, 6.07) is 28.0. The number of aryl methyl sites for hydroxylation is 1. The Kier molecular flexibility index (Phi) is 4.46. The number of thioether (sulfide) groups is 1. The van der Waals surface area contributed by atoms with Crippen LogP contribution in [0.3, 0.4) is 0 Å². The molecule has 2 heterocycles. The zero-order valence-electron chi connectivity index (χ0n) is 17.3. The first-order valence-corrected chi connectivity index (χ1v) is 11.5. The van der Waals surface area contributed by atoms with Crippen LogP contribution in [0.5, 0.6) is 5.75 Å². The van der Waals surface area contributed by atoms with Crippen molar-refractivity contribution in [1.29, 1.82) is 0 Å². The monoisotopic (exact) mass is 422 g/mol. The number of ether oxygens (including phenoxy) is 1. The van der Waals surface area contributed by atoms with Gasteiger partial charge in [-0.25, -0.2) is 4.99 Å². The number of aliphatic imine (C=N–C) groups is 1. The van der Waals surface area contributed by atoms with Crippen molar-refractivity contribution < 1.29 is 4.74 Å². The average molecular weight is 423 g/mol. The molecule has 6 rings (SSSR count). The van der Waals surface area contributed by atoms with Crippen molar-refractivity contribution in [2.24, 2.45) is 4.99 Å². The SMILES string of the molecule is COc1ccc([C@@H]2C3=C(N=C4SC=C(c5ccccc5)N42)c2ccccc2CC3)cc1. The van der Waals surface area contributed by atoms with Crippen molar-refractivity contribution in [2.45, 2.75) is 18.9 Å². The maximum atomic E-state index is 5.42. The largest absolute Gasteiger partial charge is 0.497 e. The van der Waals surface area contributed by atoms with Gasteiger partial charge in [-0.2, -0.15) is 0 Å². The molecule has 0 spiro atoms. The molecule has 0 saturated heterocycles. The molecule has 0 N–H and O–H groups in total. The number of nitrogens with zero attached hydrogens (tertiary/aromatic N) is 2. The molecule has 152 valence electrons. The van der Waals surface area contributed by atoms with E-state index in [1.165, 1.54) is 33.5 Å². The highest BCUT2D eigenvalue weighted by atomic mass is 32.2. The maximum absolute atomic E-state index is 5.42. The van der Waals surface area contributed by atoms with Gasteiger partial charge >= 0.3 is 0 Å². The minimum atomic E-state index is 0.128. The van der Waals surface area contributed by atoms with Crippen LogP contribution in [0.4, 0.5) is 0 Å². The molecule has 0 saturated carbocycles. The second-order valence-corrected chi connectivity index (χ2v) is 8.79. The molecule has 3 aromatic carbocycles. The Morgan fingerprint density at radius 2 is 1.68 bits per heavy atom. The normalized spacial score (nSPS) is 19.3. The van der Waals surface area contributed by atoms with E-state index < -0.39 is 0 Å². The first kappa shape index (κ1) is 18.5. The Morgan fingerprint density at radius 3 is 2.48 bits per heavy atom. The first-order valence-electron chi connectivity index (χ1n) is 10.6. The number of benzene rings is 3. The molecule has 0 radical (unpaired) electrons. The smallest absolute Gasteiger partial charge is 0.174 e. The lowest BCUT2D eigenvalue weighted by molar-refractivity contribution is 0.413. The molecule has 0 bridgehead atoms. The van der Waals surface area contributed by atoms with Crippen LogP contribution in [0.2, 0.25) is 0 Å². The summed E-state index contributed by atoms with van der Waals surface area (Å²) in [5.74, 6) is 0.881. The third-order valence-electron chi connectivity index (χ3n) is 6.28. The van der Waals surface area contributed by atoms with Crippen LogP contribution in [-0.4, -0.2) is 17.2 Å². The molecule has 2 aliphatic heterocycles. The second-order valence-electron chi connectivity index (χ2n) is 7.96. The quantitative estimate of drug-likeness (QED) is 0.481. The molecule has 31 heavy (non-hydrogen) atoms. The van der Waals surface area contributed by atoms with E-state index in [-0.39, 0.29) is 6.04 Å². The van der Waals surface area contributed by atoms with Crippen LogP contribution >= 0.6 is 11.8 Å². The zero-order chi connectivity index (χ0) is 20.8. The predicted octanol–water partition coefficient (Wildman–Crippen LogP) is 6.51. The Morgan fingerprint density at radius 1 is 0.903 bits per heavy atom.